The number of nitrogens with zero attached hydrogens (tertiary/aromatic N) is 2. The first-order valence-electron chi connectivity index (χ1n) is 4.72. The Bertz CT molecular complexity index is 348. The van der Waals surface area contributed by atoms with Crippen LogP contribution < -0.4 is 0 Å². The van der Waals surface area contributed by atoms with Crippen LogP contribution in [0.3, 0.4) is 0 Å². The van der Waals surface area contributed by atoms with Crippen LogP contribution in [0.15, 0.2) is 6.07 Å². The molecule has 1 aromatic heterocycles. The molecule has 0 aromatic carbocycles. The molecule has 4 heteroatoms. The van der Waals surface area contributed by atoms with E-state index in [-0.39, 0.29) is 0 Å². The van der Waals surface area contributed by atoms with Crippen LogP contribution in [0.25, 0.3) is 0 Å². The Balaban J connectivity index is 2.31. The monoisotopic (exact) mass is 208 g/mol. The highest BCUT2D eigenvalue weighted by molar-refractivity contribution is 7.99. The number of rotatable bonds is 2. The molecule has 0 radical (unpaired) electrons. The first kappa shape index (κ1) is 9.65. The number of aldehydes is 1. The van der Waals surface area contributed by atoms with Gasteiger partial charge in [-0.3, -0.25) is 4.79 Å². The van der Waals surface area contributed by atoms with Crippen molar-refractivity contribution in [1.82, 2.24) is 9.97 Å². The minimum absolute atomic E-state index is 0.397. The van der Waals surface area contributed by atoms with Crippen molar-refractivity contribution in [1.29, 1.82) is 0 Å². The highest BCUT2D eigenvalue weighted by Crippen LogP contribution is 2.38. The summed E-state index contributed by atoms with van der Waals surface area (Å²) in [6.07, 6.45) is 3.15. The molecule has 1 unspecified atom stereocenters. The van der Waals surface area contributed by atoms with E-state index in [1.807, 2.05) is 18.7 Å². The molecule has 0 amide bonds. The van der Waals surface area contributed by atoms with Crippen LogP contribution in [-0.4, -0.2) is 22.0 Å². The summed E-state index contributed by atoms with van der Waals surface area (Å²) in [5.74, 6) is 2.01. The van der Waals surface area contributed by atoms with Gasteiger partial charge in [0.25, 0.3) is 0 Å². The molecule has 74 valence electrons. The summed E-state index contributed by atoms with van der Waals surface area (Å²) in [4.78, 5) is 19.2. The second-order valence-corrected chi connectivity index (χ2v) is 4.72. The van der Waals surface area contributed by atoms with Crippen molar-refractivity contribution in [2.75, 3.05) is 5.75 Å². The van der Waals surface area contributed by atoms with Crippen LogP contribution in [0, 0.1) is 6.92 Å². The summed E-state index contributed by atoms with van der Waals surface area (Å²) in [6, 6.07) is 1.72. The van der Waals surface area contributed by atoms with Gasteiger partial charge in [0.05, 0.1) is 5.25 Å². The van der Waals surface area contributed by atoms with Crippen molar-refractivity contribution < 1.29 is 4.79 Å². The van der Waals surface area contributed by atoms with Gasteiger partial charge in [0.1, 0.15) is 11.5 Å². The number of hydrogen-bond donors (Lipinski definition) is 0. The lowest BCUT2D eigenvalue weighted by Gasteiger charge is -2.07. The van der Waals surface area contributed by atoms with Crippen LogP contribution >= 0.6 is 11.8 Å². The van der Waals surface area contributed by atoms with Crippen molar-refractivity contribution in [2.45, 2.75) is 25.0 Å². The lowest BCUT2D eigenvalue weighted by Crippen LogP contribution is -2.02. The van der Waals surface area contributed by atoms with Crippen molar-refractivity contribution in [3.05, 3.63) is 23.3 Å². The smallest absolute Gasteiger partial charge is 0.168 e. The molecule has 3 nitrogen and oxygen atoms in total. The van der Waals surface area contributed by atoms with Gasteiger partial charge in [-0.2, -0.15) is 11.8 Å². The van der Waals surface area contributed by atoms with E-state index in [2.05, 4.69) is 9.97 Å². The standard InChI is InChI=1S/C10H12N2OS/c1-7-5-8(6-13)12-10(11-7)9-3-2-4-14-9/h5-6,9H,2-4H2,1H3. The van der Waals surface area contributed by atoms with E-state index in [9.17, 15) is 4.79 Å². The van der Waals surface area contributed by atoms with Gasteiger partial charge in [-0.1, -0.05) is 0 Å². The number of hydrogen-bond acceptors (Lipinski definition) is 4. The molecule has 0 spiro atoms. The molecule has 1 atom stereocenters. The summed E-state index contributed by atoms with van der Waals surface area (Å²) in [6.45, 7) is 1.90. The molecular formula is C10H12N2OS. The summed E-state index contributed by atoms with van der Waals surface area (Å²) < 4.78 is 0. The fraction of sp³-hybridized carbons (Fsp3) is 0.500. The third-order valence-electron chi connectivity index (χ3n) is 2.23. The quantitative estimate of drug-likeness (QED) is 0.698. The average Bonchev–Trinajstić information content (AvgIpc) is 2.69. The fourth-order valence-corrected chi connectivity index (χ4v) is 2.81. The molecule has 14 heavy (non-hydrogen) atoms. The molecule has 0 bridgehead atoms. The zero-order valence-corrected chi connectivity index (χ0v) is 8.88. The molecule has 1 aliphatic rings. The van der Waals surface area contributed by atoms with Crippen LogP contribution in [0.5, 0.6) is 0 Å². The van der Waals surface area contributed by atoms with Gasteiger partial charge in [-0.15, -0.1) is 0 Å². The van der Waals surface area contributed by atoms with Gasteiger partial charge in [-0.25, -0.2) is 9.97 Å². The molecule has 0 N–H and O–H groups in total. The van der Waals surface area contributed by atoms with Gasteiger partial charge < -0.3 is 0 Å². The summed E-state index contributed by atoms with van der Waals surface area (Å²) in [7, 11) is 0. The second-order valence-electron chi connectivity index (χ2n) is 3.41. The zero-order valence-electron chi connectivity index (χ0n) is 8.06. The second kappa shape index (κ2) is 4.09. The summed E-state index contributed by atoms with van der Waals surface area (Å²) in [5, 5.41) is 0.397. The highest BCUT2D eigenvalue weighted by atomic mass is 32.2. The van der Waals surface area contributed by atoms with Gasteiger partial charge in [-0.05, 0) is 31.6 Å². The van der Waals surface area contributed by atoms with Crippen molar-refractivity contribution in [3.8, 4) is 0 Å². The maximum Gasteiger partial charge on any atom is 0.168 e. The molecular weight excluding hydrogens is 196 g/mol. The van der Waals surface area contributed by atoms with Gasteiger partial charge in [0.15, 0.2) is 6.29 Å². The SMILES string of the molecule is Cc1cc(C=O)nc(C2CCCS2)n1. The predicted molar refractivity (Wildman–Crippen MR) is 56.6 cm³/mol. The molecule has 2 rings (SSSR count). The third-order valence-corrected chi connectivity index (χ3v) is 3.60. The highest BCUT2D eigenvalue weighted by Gasteiger charge is 2.20. The lowest BCUT2D eigenvalue weighted by atomic mass is 10.2. The minimum Gasteiger partial charge on any atom is -0.296 e. The molecule has 1 aliphatic heterocycles. The predicted octanol–water partition coefficient (Wildman–Crippen LogP) is 2.17. The maximum absolute atomic E-state index is 10.6. The van der Waals surface area contributed by atoms with Crippen molar-refractivity contribution in [2.24, 2.45) is 0 Å². The Morgan fingerprint density at radius 2 is 2.43 bits per heavy atom. The van der Waals surface area contributed by atoms with E-state index >= 15 is 0 Å². The van der Waals surface area contributed by atoms with Crippen LogP contribution in [-0.2, 0) is 0 Å². The summed E-state index contributed by atoms with van der Waals surface area (Å²) in [5.41, 5.74) is 1.38. The Morgan fingerprint density at radius 1 is 1.57 bits per heavy atom. The van der Waals surface area contributed by atoms with Crippen LogP contribution in [0.1, 0.15) is 40.1 Å². The van der Waals surface area contributed by atoms with Crippen molar-refractivity contribution >= 4 is 18.0 Å². The van der Waals surface area contributed by atoms with Crippen LogP contribution in [0.2, 0.25) is 0 Å². The Kier molecular flexibility index (Phi) is 2.82. The van der Waals surface area contributed by atoms with E-state index < -0.39 is 0 Å². The Hall–Kier alpha value is -0.900. The Morgan fingerprint density at radius 3 is 3.07 bits per heavy atom. The Labute approximate surface area is 87.3 Å². The van der Waals surface area contributed by atoms with E-state index in [0.717, 1.165) is 24.2 Å². The number of aryl methyl sites for hydroxylation is 1. The minimum atomic E-state index is 0.397. The van der Waals surface area contributed by atoms with E-state index in [0.29, 0.717) is 10.9 Å². The van der Waals surface area contributed by atoms with Crippen molar-refractivity contribution in [3.63, 3.8) is 0 Å². The van der Waals surface area contributed by atoms with Gasteiger partial charge >= 0.3 is 0 Å². The zero-order chi connectivity index (χ0) is 9.97. The van der Waals surface area contributed by atoms with Gasteiger partial charge in [0, 0.05) is 5.69 Å². The normalized spacial score (nSPS) is 21.1. The van der Waals surface area contributed by atoms with E-state index in [1.54, 1.807) is 6.07 Å². The number of carbonyl (C=O) groups excluding carboxylic acids is 1. The first-order chi connectivity index (χ1) is 6.79. The fourth-order valence-electron chi connectivity index (χ4n) is 1.60. The average molecular weight is 208 g/mol. The largest absolute Gasteiger partial charge is 0.296 e. The molecule has 0 saturated carbocycles. The number of carbonyl (C=O) groups is 1. The van der Waals surface area contributed by atoms with E-state index in [4.69, 9.17) is 0 Å². The summed E-state index contributed by atoms with van der Waals surface area (Å²) >= 11 is 1.88. The molecule has 1 aromatic rings. The van der Waals surface area contributed by atoms with Crippen LogP contribution in [0.4, 0.5) is 0 Å². The molecule has 1 fully saturated rings. The van der Waals surface area contributed by atoms with E-state index in [1.165, 1.54) is 12.2 Å². The first-order valence-corrected chi connectivity index (χ1v) is 5.77. The maximum atomic E-state index is 10.6. The third kappa shape index (κ3) is 1.95. The molecule has 1 saturated heterocycles. The number of thioether (sulfide) groups is 1. The lowest BCUT2D eigenvalue weighted by molar-refractivity contribution is 0.111. The van der Waals surface area contributed by atoms with Gasteiger partial charge in [0.2, 0.25) is 0 Å². The molecule has 0 aliphatic carbocycles. The molecule has 2 heterocycles. The number of aromatic nitrogens is 2. The topological polar surface area (TPSA) is 42.9 Å².